The van der Waals surface area contributed by atoms with Gasteiger partial charge in [-0.25, -0.2) is 0 Å². The molecule has 2 rings (SSSR count). The average Bonchev–Trinajstić information content (AvgIpc) is 2.86. The van der Waals surface area contributed by atoms with E-state index < -0.39 is 0 Å². The van der Waals surface area contributed by atoms with Gasteiger partial charge in [0.15, 0.2) is 5.82 Å². The van der Waals surface area contributed by atoms with Gasteiger partial charge in [-0.3, -0.25) is 9.89 Å². The summed E-state index contributed by atoms with van der Waals surface area (Å²) in [7, 11) is 0. The Bertz CT molecular complexity index is 628. The van der Waals surface area contributed by atoms with E-state index in [1.165, 1.54) is 17.3 Å². The number of H-pyrrole nitrogens is 1. The normalized spacial score (nSPS) is 11.4. The van der Waals surface area contributed by atoms with E-state index in [1.54, 1.807) is 0 Å². The van der Waals surface area contributed by atoms with Crippen molar-refractivity contribution in [3.63, 3.8) is 0 Å². The highest BCUT2D eigenvalue weighted by molar-refractivity contribution is 8.00. The van der Waals surface area contributed by atoms with Crippen LogP contribution in [0.2, 0.25) is 0 Å². The van der Waals surface area contributed by atoms with Crippen LogP contribution in [0.1, 0.15) is 32.0 Å². The number of carbonyl (C=O) groups is 1. The Morgan fingerprint density at radius 2 is 2.05 bits per heavy atom. The second-order valence-corrected chi connectivity index (χ2v) is 7.04. The number of aryl methyl sites for hydroxylation is 1. The first-order valence-corrected chi connectivity index (χ1v) is 7.89. The van der Waals surface area contributed by atoms with E-state index in [0.717, 1.165) is 10.6 Å². The van der Waals surface area contributed by atoms with Crippen LogP contribution in [0.15, 0.2) is 35.2 Å². The predicted octanol–water partition coefficient (Wildman–Crippen LogP) is 3.75. The van der Waals surface area contributed by atoms with Gasteiger partial charge in [-0.1, -0.05) is 39.0 Å². The lowest BCUT2D eigenvalue weighted by molar-refractivity contribution is -0.113. The quantitative estimate of drug-likeness (QED) is 0.846. The standard InChI is InChI=1S/C16H21N3OS/c1-11-7-5-6-8-12(11)21-10-15(20)17-14-9-13(18-19-14)16(2,3)4/h5-9H,10H2,1-4H3,(H2,17,18,19,20). The Kier molecular flexibility index (Phi) is 4.73. The third kappa shape index (κ3) is 4.36. The van der Waals surface area contributed by atoms with E-state index in [9.17, 15) is 4.79 Å². The lowest BCUT2D eigenvalue weighted by atomic mass is 9.92. The fourth-order valence-electron chi connectivity index (χ4n) is 1.81. The third-order valence-electron chi connectivity index (χ3n) is 3.11. The largest absolute Gasteiger partial charge is 0.308 e. The van der Waals surface area contributed by atoms with Gasteiger partial charge in [-0.2, -0.15) is 5.10 Å². The summed E-state index contributed by atoms with van der Waals surface area (Å²) >= 11 is 1.54. The van der Waals surface area contributed by atoms with Crippen molar-refractivity contribution in [1.82, 2.24) is 10.2 Å². The molecule has 0 unspecified atom stereocenters. The first kappa shape index (κ1) is 15.6. The van der Waals surface area contributed by atoms with Gasteiger partial charge in [0.1, 0.15) is 0 Å². The fraction of sp³-hybridized carbons (Fsp3) is 0.375. The molecule has 0 spiro atoms. The molecule has 0 fully saturated rings. The number of benzene rings is 1. The van der Waals surface area contributed by atoms with Gasteiger partial charge < -0.3 is 5.32 Å². The van der Waals surface area contributed by atoms with Gasteiger partial charge in [0.2, 0.25) is 5.91 Å². The summed E-state index contributed by atoms with van der Waals surface area (Å²) in [6.07, 6.45) is 0. The van der Waals surface area contributed by atoms with Crippen LogP contribution in [0.5, 0.6) is 0 Å². The van der Waals surface area contributed by atoms with E-state index in [4.69, 9.17) is 0 Å². The Labute approximate surface area is 129 Å². The van der Waals surface area contributed by atoms with Crippen LogP contribution in [0.3, 0.4) is 0 Å². The van der Waals surface area contributed by atoms with E-state index >= 15 is 0 Å². The highest BCUT2D eigenvalue weighted by Gasteiger charge is 2.17. The number of rotatable bonds is 4. The molecule has 5 heteroatoms. The molecule has 1 amide bonds. The number of anilines is 1. The van der Waals surface area contributed by atoms with Crippen LogP contribution < -0.4 is 5.32 Å². The van der Waals surface area contributed by atoms with Gasteiger partial charge in [0, 0.05) is 22.1 Å². The number of aromatic amines is 1. The van der Waals surface area contributed by atoms with Gasteiger partial charge in [-0.15, -0.1) is 11.8 Å². The fourth-order valence-corrected chi connectivity index (χ4v) is 2.64. The molecule has 0 radical (unpaired) electrons. The van der Waals surface area contributed by atoms with Crippen LogP contribution >= 0.6 is 11.8 Å². The monoisotopic (exact) mass is 303 g/mol. The minimum atomic E-state index is -0.0461. The molecule has 2 N–H and O–H groups in total. The van der Waals surface area contributed by atoms with Crippen molar-refractivity contribution in [2.24, 2.45) is 0 Å². The first-order chi connectivity index (χ1) is 9.86. The van der Waals surface area contributed by atoms with Gasteiger partial charge >= 0.3 is 0 Å². The summed E-state index contributed by atoms with van der Waals surface area (Å²) in [5, 5.41) is 9.91. The Balaban J connectivity index is 1.90. The number of hydrogen-bond donors (Lipinski definition) is 2. The smallest absolute Gasteiger partial charge is 0.235 e. The number of hydrogen-bond acceptors (Lipinski definition) is 3. The molecule has 21 heavy (non-hydrogen) atoms. The summed E-state index contributed by atoms with van der Waals surface area (Å²) in [6, 6.07) is 9.94. The molecule has 1 heterocycles. The molecule has 0 aliphatic rings. The molecule has 0 bridgehead atoms. The molecule has 2 aromatic rings. The van der Waals surface area contributed by atoms with Crippen LogP contribution in [-0.2, 0) is 10.2 Å². The predicted molar refractivity (Wildman–Crippen MR) is 87.8 cm³/mol. The number of thioether (sulfide) groups is 1. The van der Waals surface area contributed by atoms with E-state index in [0.29, 0.717) is 11.6 Å². The Morgan fingerprint density at radius 3 is 2.67 bits per heavy atom. The molecular formula is C16H21N3OS. The lowest BCUT2D eigenvalue weighted by Crippen LogP contribution is -2.14. The molecule has 0 aliphatic carbocycles. The highest BCUT2D eigenvalue weighted by Crippen LogP contribution is 2.23. The highest BCUT2D eigenvalue weighted by atomic mass is 32.2. The Hall–Kier alpha value is -1.75. The SMILES string of the molecule is Cc1ccccc1SCC(=O)Nc1cc(C(C)(C)C)[nH]n1. The second kappa shape index (κ2) is 6.35. The maximum Gasteiger partial charge on any atom is 0.235 e. The summed E-state index contributed by atoms with van der Waals surface area (Å²) in [5.74, 6) is 0.910. The molecule has 0 saturated heterocycles. The molecule has 1 aromatic carbocycles. The minimum Gasteiger partial charge on any atom is -0.308 e. The van der Waals surface area contributed by atoms with Crippen LogP contribution in [0.4, 0.5) is 5.82 Å². The van der Waals surface area contributed by atoms with Gasteiger partial charge in [-0.05, 0) is 18.6 Å². The zero-order chi connectivity index (χ0) is 15.5. The number of carbonyl (C=O) groups excluding carboxylic acids is 1. The average molecular weight is 303 g/mol. The van der Waals surface area contributed by atoms with Gasteiger partial charge in [0.25, 0.3) is 0 Å². The number of nitrogens with zero attached hydrogens (tertiary/aromatic N) is 1. The number of amides is 1. The summed E-state index contributed by atoms with van der Waals surface area (Å²) in [6.45, 7) is 8.34. The first-order valence-electron chi connectivity index (χ1n) is 6.90. The van der Waals surface area contributed by atoms with Crippen molar-refractivity contribution < 1.29 is 4.79 Å². The zero-order valence-electron chi connectivity index (χ0n) is 12.9. The van der Waals surface area contributed by atoms with Crippen molar-refractivity contribution >= 4 is 23.5 Å². The summed E-state index contributed by atoms with van der Waals surface area (Å²) in [4.78, 5) is 13.1. The number of aromatic nitrogens is 2. The van der Waals surface area contributed by atoms with Crippen molar-refractivity contribution in [3.05, 3.63) is 41.6 Å². The van der Waals surface area contributed by atoms with Gasteiger partial charge in [0.05, 0.1) is 5.75 Å². The zero-order valence-corrected chi connectivity index (χ0v) is 13.7. The van der Waals surface area contributed by atoms with E-state index in [2.05, 4.69) is 36.3 Å². The minimum absolute atomic E-state index is 0.00806. The molecule has 0 aliphatic heterocycles. The van der Waals surface area contributed by atoms with Crippen molar-refractivity contribution in [2.75, 3.05) is 11.1 Å². The lowest BCUT2D eigenvalue weighted by Gasteiger charge is -2.14. The summed E-state index contributed by atoms with van der Waals surface area (Å²) < 4.78 is 0. The molecule has 0 atom stereocenters. The van der Waals surface area contributed by atoms with Crippen molar-refractivity contribution in [2.45, 2.75) is 38.0 Å². The van der Waals surface area contributed by atoms with Crippen LogP contribution in [-0.4, -0.2) is 21.9 Å². The topological polar surface area (TPSA) is 57.8 Å². The molecule has 4 nitrogen and oxygen atoms in total. The molecular weight excluding hydrogens is 282 g/mol. The van der Waals surface area contributed by atoms with Crippen molar-refractivity contribution in [1.29, 1.82) is 0 Å². The van der Waals surface area contributed by atoms with Crippen molar-refractivity contribution in [3.8, 4) is 0 Å². The second-order valence-electron chi connectivity index (χ2n) is 6.02. The molecule has 112 valence electrons. The summed E-state index contributed by atoms with van der Waals surface area (Å²) in [5.41, 5.74) is 2.18. The maximum atomic E-state index is 12.0. The van der Waals surface area contributed by atoms with E-state index in [-0.39, 0.29) is 11.3 Å². The maximum absolute atomic E-state index is 12.0. The molecule has 1 aromatic heterocycles. The van der Waals surface area contributed by atoms with Crippen LogP contribution in [0.25, 0.3) is 0 Å². The molecule has 0 saturated carbocycles. The van der Waals surface area contributed by atoms with E-state index in [1.807, 2.05) is 37.3 Å². The number of nitrogens with one attached hydrogen (secondary N) is 2. The Morgan fingerprint density at radius 1 is 1.33 bits per heavy atom. The third-order valence-corrected chi connectivity index (χ3v) is 4.28. The van der Waals surface area contributed by atoms with Crippen LogP contribution in [0, 0.1) is 6.92 Å².